The van der Waals surface area contributed by atoms with Crippen LogP contribution in [0.4, 0.5) is 0 Å². The van der Waals surface area contributed by atoms with Crippen LogP contribution < -0.4 is 10.6 Å². The summed E-state index contributed by atoms with van der Waals surface area (Å²) in [6.07, 6.45) is 1.93. The molecule has 9 heteroatoms. The summed E-state index contributed by atoms with van der Waals surface area (Å²) in [4.78, 5) is 4.23. The van der Waals surface area contributed by atoms with E-state index in [0.29, 0.717) is 19.0 Å². The fourth-order valence-corrected chi connectivity index (χ4v) is 2.70. The number of aromatic nitrogens is 4. The summed E-state index contributed by atoms with van der Waals surface area (Å²) in [5.41, 5.74) is 2.61. The van der Waals surface area contributed by atoms with E-state index in [9.17, 15) is 0 Å². The smallest absolute Gasteiger partial charge is 0.191 e. The van der Waals surface area contributed by atoms with Crippen LogP contribution in [0.15, 0.2) is 70.3 Å². The Labute approximate surface area is 179 Å². The number of halogens is 1. The van der Waals surface area contributed by atoms with E-state index in [1.165, 1.54) is 0 Å². The van der Waals surface area contributed by atoms with E-state index in [1.54, 1.807) is 7.05 Å². The summed E-state index contributed by atoms with van der Waals surface area (Å²) in [6.45, 7) is 0.996. The molecule has 0 unspecified atom stereocenters. The minimum Gasteiger partial charge on any atom is -0.356 e. The van der Waals surface area contributed by atoms with Crippen LogP contribution in [0.5, 0.6) is 0 Å². The topological polar surface area (TPSA) is 92.6 Å². The second kappa shape index (κ2) is 9.31. The lowest BCUT2D eigenvalue weighted by molar-refractivity contribution is 0.422. The SMILES string of the molecule is CN=C(NCc1cc(-c2ccccc2)on1)NCc1nnc2ccccn12.I. The van der Waals surface area contributed by atoms with Gasteiger partial charge in [0.1, 0.15) is 5.69 Å². The molecule has 8 nitrogen and oxygen atoms in total. The summed E-state index contributed by atoms with van der Waals surface area (Å²) in [6, 6.07) is 17.6. The van der Waals surface area contributed by atoms with Crippen LogP contribution in [0.2, 0.25) is 0 Å². The van der Waals surface area contributed by atoms with Crippen LogP contribution in [0.1, 0.15) is 11.5 Å². The second-order valence-electron chi connectivity index (χ2n) is 5.87. The van der Waals surface area contributed by atoms with Gasteiger partial charge in [0, 0.05) is 24.9 Å². The molecule has 28 heavy (non-hydrogen) atoms. The highest BCUT2D eigenvalue weighted by molar-refractivity contribution is 14.0. The molecule has 4 aromatic rings. The lowest BCUT2D eigenvalue weighted by atomic mass is 10.2. The highest BCUT2D eigenvalue weighted by atomic mass is 127. The van der Waals surface area contributed by atoms with Gasteiger partial charge in [-0.3, -0.25) is 9.39 Å². The van der Waals surface area contributed by atoms with Gasteiger partial charge in [0.2, 0.25) is 0 Å². The number of hydrogen-bond donors (Lipinski definition) is 2. The molecule has 0 amide bonds. The molecule has 3 aromatic heterocycles. The minimum absolute atomic E-state index is 0. The maximum atomic E-state index is 5.41. The molecule has 0 radical (unpaired) electrons. The summed E-state index contributed by atoms with van der Waals surface area (Å²) >= 11 is 0. The van der Waals surface area contributed by atoms with Crippen molar-refractivity contribution in [2.24, 2.45) is 4.99 Å². The normalized spacial score (nSPS) is 11.2. The Morgan fingerprint density at radius 3 is 2.64 bits per heavy atom. The number of pyridine rings is 1. The van der Waals surface area contributed by atoms with Gasteiger partial charge in [-0.15, -0.1) is 34.2 Å². The molecule has 0 saturated carbocycles. The van der Waals surface area contributed by atoms with Gasteiger partial charge in [0.15, 0.2) is 23.2 Å². The number of nitrogens with zero attached hydrogens (tertiary/aromatic N) is 5. The average molecular weight is 489 g/mol. The zero-order valence-corrected chi connectivity index (χ0v) is 17.6. The molecular weight excluding hydrogens is 469 g/mol. The molecule has 0 aliphatic carbocycles. The predicted octanol–water partition coefficient (Wildman–Crippen LogP) is 2.87. The lowest BCUT2D eigenvalue weighted by Gasteiger charge is -2.09. The fourth-order valence-electron chi connectivity index (χ4n) is 2.70. The maximum Gasteiger partial charge on any atom is 0.191 e. The molecule has 4 rings (SSSR count). The number of nitrogens with one attached hydrogen (secondary N) is 2. The van der Waals surface area contributed by atoms with E-state index in [1.807, 2.05) is 65.2 Å². The molecule has 0 aliphatic heterocycles. The monoisotopic (exact) mass is 489 g/mol. The maximum absolute atomic E-state index is 5.41. The minimum atomic E-state index is 0. The summed E-state index contributed by atoms with van der Waals surface area (Å²) in [5, 5.41) is 18.9. The van der Waals surface area contributed by atoms with E-state index < -0.39 is 0 Å². The first kappa shape index (κ1) is 19.8. The Morgan fingerprint density at radius 1 is 1.04 bits per heavy atom. The molecule has 2 N–H and O–H groups in total. The zero-order valence-electron chi connectivity index (χ0n) is 15.2. The number of aliphatic imine (C=N–C) groups is 1. The first-order chi connectivity index (χ1) is 13.3. The number of hydrogen-bond acceptors (Lipinski definition) is 5. The lowest BCUT2D eigenvalue weighted by Crippen LogP contribution is -2.36. The zero-order chi connectivity index (χ0) is 18.5. The molecule has 0 saturated heterocycles. The Bertz CT molecular complexity index is 1060. The molecule has 0 aliphatic rings. The quantitative estimate of drug-likeness (QED) is 0.255. The molecule has 0 atom stereocenters. The Balaban J connectivity index is 0.00000225. The van der Waals surface area contributed by atoms with E-state index in [4.69, 9.17) is 4.52 Å². The summed E-state index contributed by atoms with van der Waals surface area (Å²) in [5.74, 6) is 2.19. The van der Waals surface area contributed by atoms with Gasteiger partial charge >= 0.3 is 0 Å². The van der Waals surface area contributed by atoms with Crippen LogP contribution in [0, 0.1) is 0 Å². The Morgan fingerprint density at radius 2 is 1.82 bits per heavy atom. The van der Waals surface area contributed by atoms with E-state index in [-0.39, 0.29) is 24.0 Å². The van der Waals surface area contributed by atoms with Crippen LogP contribution in [-0.4, -0.2) is 32.8 Å². The molecule has 1 aromatic carbocycles. The molecule has 3 heterocycles. The second-order valence-corrected chi connectivity index (χ2v) is 5.87. The standard InChI is InChI=1S/C19H19N7O.HI/c1-20-19(22-13-18-24-23-17-9-5-6-10-26(17)18)21-12-15-11-16(27-25-15)14-7-3-2-4-8-14;/h2-11H,12-13H2,1H3,(H2,20,21,22);1H. The van der Waals surface area contributed by atoms with Crippen LogP contribution in [-0.2, 0) is 13.1 Å². The van der Waals surface area contributed by atoms with Crippen molar-refractivity contribution in [3.63, 3.8) is 0 Å². The van der Waals surface area contributed by atoms with Crippen molar-refractivity contribution < 1.29 is 4.52 Å². The molecule has 0 fully saturated rings. The van der Waals surface area contributed by atoms with Gasteiger partial charge in [0.25, 0.3) is 0 Å². The van der Waals surface area contributed by atoms with E-state index >= 15 is 0 Å². The Kier molecular flexibility index (Phi) is 6.58. The van der Waals surface area contributed by atoms with E-state index in [2.05, 4.69) is 31.0 Å². The fraction of sp³-hybridized carbons (Fsp3) is 0.158. The van der Waals surface area contributed by atoms with Gasteiger partial charge < -0.3 is 15.2 Å². The van der Waals surface area contributed by atoms with Crippen molar-refractivity contribution in [1.82, 2.24) is 30.4 Å². The van der Waals surface area contributed by atoms with Crippen LogP contribution in [0.25, 0.3) is 17.0 Å². The third-order valence-electron chi connectivity index (χ3n) is 4.08. The van der Waals surface area contributed by atoms with Crippen LogP contribution in [0.3, 0.4) is 0 Å². The predicted molar refractivity (Wildman–Crippen MR) is 117 cm³/mol. The van der Waals surface area contributed by atoms with Crippen molar-refractivity contribution in [2.45, 2.75) is 13.1 Å². The van der Waals surface area contributed by atoms with Crippen molar-refractivity contribution in [3.8, 4) is 11.3 Å². The number of benzene rings is 1. The van der Waals surface area contributed by atoms with Crippen molar-refractivity contribution in [3.05, 3.63) is 72.3 Å². The Hall–Kier alpha value is -2.95. The van der Waals surface area contributed by atoms with Crippen molar-refractivity contribution in [1.29, 1.82) is 0 Å². The summed E-state index contributed by atoms with van der Waals surface area (Å²) in [7, 11) is 1.72. The molecular formula is C19H20IN7O. The van der Waals surface area contributed by atoms with Gasteiger partial charge in [-0.2, -0.15) is 0 Å². The largest absolute Gasteiger partial charge is 0.356 e. The highest BCUT2D eigenvalue weighted by Crippen LogP contribution is 2.19. The molecule has 0 spiro atoms. The third-order valence-corrected chi connectivity index (χ3v) is 4.08. The molecule has 144 valence electrons. The van der Waals surface area contributed by atoms with Gasteiger partial charge in [-0.05, 0) is 12.1 Å². The van der Waals surface area contributed by atoms with Crippen molar-refractivity contribution >= 4 is 35.6 Å². The highest BCUT2D eigenvalue weighted by Gasteiger charge is 2.08. The first-order valence-corrected chi connectivity index (χ1v) is 8.57. The number of fused-ring (bicyclic) bond motifs is 1. The average Bonchev–Trinajstić information content (AvgIpc) is 3.36. The van der Waals surface area contributed by atoms with Crippen molar-refractivity contribution in [2.75, 3.05) is 7.05 Å². The molecule has 0 bridgehead atoms. The van der Waals surface area contributed by atoms with Gasteiger partial charge in [-0.25, -0.2) is 0 Å². The summed E-state index contributed by atoms with van der Waals surface area (Å²) < 4.78 is 7.35. The van der Waals surface area contributed by atoms with Crippen LogP contribution >= 0.6 is 24.0 Å². The van der Waals surface area contributed by atoms with Gasteiger partial charge in [0.05, 0.1) is 13.1 Å². The van der Waals surface area contributed by atoms with Gasteiger partial charge in [-0.1, -0.05) is 41.6 Å². The first-order valence-electron chi connectivity index (χ1n) is 8.57. The van der Waals surface area contributed by atoms with E-state index in [0.717, 1.165) is 28.5 Å². The number of rotatable bonds is 5. The number of guanidine groups is 1. The third kappa shape index (κ3) is 4.47.